The Morgan fingerprint density at radius 2 is 1.93 bits per heavy atom. The molecular formula is C20H18Cl2N4O3. The molecule has 0 spiro atoms. The number of aromatic nitrogens is 1. The average Bonchev–Trinajstić information content (AvgIpc) is 3.30. The molecule has 29 heavy (non-hydrogen) atoms. The van der Waals surface area contributed by atoms with Crippen molar-refractivity contribution in [3.63, 3.8) is 0 Å². The minimum Gasteiger partial charge on any atom is -0.467 e. The van der Waals surface area contributed by atoms with Gasteiger partial charge in [0.05, 0.1) is 29.1 Å². The zero-order valence-electron chi connectivity index (χ0n) is 15.7. The maximum atomic E-state index is 11.8. The van der Waals surface area contributed by atoms with Crippen LogP contribution < -0.4 is 10.7 Å². The van der Waals surface area contributed by atoms with Gasteiger partial charge < -0.3 is 14.3 Å². The normalized spacial score (nSPS) is 11.0. The van der Waals surface area contributed by atoms with Gasteiger partial charge in [-0.2, -0.15) is 5.10 Å². The fraction of sp³-hybridized carbons (Fsp3) is 0.150. The molecule has 2 amide bonds. The molecule has 0 aliphatic carbocycles. The highest BCUT2D eigenvalue weighted by Crippen LogP contribution is 2.27. The number of hydrogen-bond donors (Lipinski definition) is 2. The number of carbonyl (C=O) groups is 2. The Balaban J connectivity index is 1.65. The summed E-state index contributed by atoms with van der Waals surface area (Å²) >= 11 is 12.1. The molecule has 0 fully saturated rings. The second kappa shape index (κ2) is 8.98. The largest absolute Gasteiger partial charge is 0.467 e. The van der Waals surface area contributed by atoms with E-state index >= 15 is 0 Å². The van der Waals surface area contributed by atoms with Crippen molar-refractivity contribution in [1.82, 2.24) is 15.3 Å². The predicted molar refractivity (Wildman–Crippen MR) is 112 cm³/mol. The Labute approximate surface area is 177 Å². The van der Waals surface area contributed by atoms with Crippen LogP contribution in [0.5, 0.6) is 0 Å². The molecule has 150 valence electrons. The van der Waals surface area contributed by atoms with Gasteiger partial charge >= 0.3 is 11.8 Å². The predicted octanol–water partition coefficient (Wildman–Crippen LogP) is 3.76. The van der Waals surface area contributed by atoms with Crippen LogP contribution in [-0.4, -0.2) is 22.6 Å². The Kier molecular flexibility index (Phi) is 6.41. The molecule has 0 unspecified atom stereocenters. The number of halogens is 2. The van der Waals surface area contributed by atoms with Crippen LogP contribution in [0.15, 0.2) is 52.2 Å². The van der Waals surface area contributed by atoms with Crippen LogP contribution in [-0.2, 0) is 16.1 Å². The van der Waals surface area contributed by atoms with Crippen LogP contribution in [0.3, 0.4) is 0 Å². The van der Waals surface area contributed by atoms with Gasteiger partial charge in [-0.3, -0.25) is 9.59 Å². The van der Waals surface area contributed by atoms with Gasteiger partial charge in [0.1, 0.15) is 5.76 Å². The molecule has 0 saturated carbocycles. The summed E-state index contributed by atoms with van der Waals surface area (Å²) in [5, 5.41) is 7.26. The number of nitrogens with one attached hydrogen (secondary N) is 2. The van der Waals surface area contributed by atoms with E-state index in [9.17, 15) is 9.59 Å². The molecule has 3 rings (SSSR count). The number of benzene rings is 1. The second-order valence-corrected chi connectivity index (χ2v) is 7.04. The van der Waals surface area contributed by atoms with Gasteiger partial charge in [-0.15, -0.1) is 0 Å². The first kappa shape index (κ1) is 20.7. The van der Waals surface area contributed by atoms with E-state index < -0.39 is 11.8 Å². The molecular weight excluding hydrogens is 415 g/mol. The molecule has 2 aromatic heterocycles. The van der Waals surface area contributed by atoms with Crippen molar-refractivity contribution in [3.8, 4) is 5.69 Å². The van der Waals surface area contributed by atoms with Crippen LogP contribution in [0.1, 0.15) is 22.7 Å². The SMILES string of the molecule is Cc1cc(/C=N\NC(=O)C(=O)NCc2ccco2)c(C)n1-c1ccc(Cl)c(Cl)c1. The number of nitrogens with zero attached hydrogens (tertiary/aromatic N) is 2. The number of carbonyl (C=O) groups excluding carboxylic acids is 2. The molecule has 7 nitrogen and oxygen atoms in total. The smallest absolute Gasteiger partial charge is 0.329 e. The van der Waals surface area contributed by atoms with Crippen LogP contribution in [0.25, 0.3) is 5.69 Å². The third-order valence-electron chi connectivity index (χ3n) is 4.21. The van der Waals surface area contributed by atoms with E-state index in [0.717, 1.165) is 22.6 Å². The lowest BCUT2D eigenvalue weighted by molar-refractivity contribution is -0.139. The van der Waals surface area contributed by atoms with Gasteiger partial charge in [0.2, 0.25) is 0 Å². The summed E-state index contributed by atoms with van der Waals surface area (Å²) in [4.78, 5) is 23.6. The average molecular weight is 433 g/mol. The summed E-state index contributed by atoms with van der Waals surface area (Å²) in [6.45, 7) is 3.97. The lowest BCUT2D eigenvalue weighted by Crippen LogP contribution is -2.37. The van der Waals surface area contributed by atoms with E-state index in [2.05, 4.69) is 15.8 Å². The van der Waals surface area contributed by atoms with E-state index in [1.807, 2.05) is 30.5 Å². The Bertz CT molecular complexity index is 1070. The third kappa shape index (κ3) is 4.88. The second-order valence-electron chi connectivity index (χ2n) is 6.22. The van der Waals surface area contributed by atoms with Crippen molar-refractivity contribution >= 4 is 41.2 Å². The first-order valence-electron chi connectivity index (χ1n) is 8.65. The maximum absolute atomic E-state index is 11.8. The molecule has 9 heteroatoms. The van der Waals surface area contributed by atoms with Gasteiger partial charge in [-0.05, 0) is 50.2 Å². The van der Waals surface area contributed by atoms with Gasteiger partial charge in [-0.25, -0.2) is 5.43 Å². The third-order valence-corrected chi connectivity index (χ3v) is 4.95. The number of amides is 2. The zero-order chi connectivity index (χ0) is 21.0. The van der Waals surface area contributed by atoms with E-state index in [1.165, 1.54) is 12.5 Å². The van der Waals surface area contributed by atoms with Crippen LogP contribution >= 0.6 is 23.2 Å². The van der Waals surface area contributed by atoms with E-state index in [-0.39, 0.29) is 6.54 Å². The van der Waals surface area contributed by atoms with Crippen molar-refractivity contribution in [2.75, 3.05) is 0 Å². The summed E-state index contributed by atoms with van der Waals surface area (Å²) in [6.07, 6.45) is 2.97. The summed E-state index contributed by atoms with van der Waals surface area (Å²) in [6, 6.07) is 10.7. The molecule has 0 radical (unpaired) electrons. The number of hydrogen-bond acceptors (Lipinski definition) is 4. The molecule has 0 aliphatic heterocycles. The Morgan fingerprint density at radius 3 is 2.62 bits per heavy atom. The van der Waals surface area contributed by atoms with Crippen LogP contribution in [0.2, 0.25) is 10.0 Å². The highest BCUT2D eigenvalue weighted by Gasteiger charge is 2.14. The first-order chi connectivity index (χ1) is 13.9. The van der Waals surface area contributed by atoms with Crippen molar-refractivity contribution in [2.45, 2.75) is 20.4 Å². The molecule has 1 aromatic carbocycles. The highest BCUT2D eigenvalue weighted by molar-refractivity contribution is 6.42. The summed E-state index contributed by atoms with van der Waals surface area (Å²) < 4.78 is 7.07. The summed E-state index contributed by atoms with van der Waals surface area (Å²) in [5.41, 5.74) is 5.69. The standard InChI is InChI=1S/C20H18Cl2N4O3/c1-12-8-14(13(2)26(12)15-5-6-17(21)18(22)9-15)10-24-25-20(28)19(27)23-11-16-4-3-7-29-16/h3-10H,11H2,1-2H3,(H,23,27)(H,25,28)/b24-10-. The van der Waals surface area contributed by atoms with Gasteiger partial charge in [0.15, 0.2) is 0 Å². The maximum Gasteiger partial charge on any atom is 0.329 e. The van der Waals surface area contributed by atoms with Crippen LogP contribution in [0.4, 0.5) is 0 Å². The van der Waals surface area contributed by atoms with Crippen molar-refractivity contribution in [2.24, 2.45) is 5.10 Å². The molecule has 0 bridgehead atoms. The molecule has 3 aromatic rings. The molecule has 0 atom stereocenters. The number of furan rings is 1. The first-order valence-corrected chi connectivity index (χ1v) is 9.40. The van der Waals surface area contributed by atoms with Gasteiger partial charge in [0, 0.05) is 22.6 Å². The lowest BCUT2D eigenvalue weighted by atomic mass is 10.2. The van der Waals surface area contributed by atoms with Crippen molar-refractivity contribution in [3.05, 3.63) is 75.4 Å². The van der Waals surface area contributed by atoms with Gasteiger partial charge in [-0.1, -0.05) is 23.2 Å². The topological polar surface area (TPSA) is 88.6 Å². The fourth-order valence-electron chi connectivity index (χ4n) is 2.81. The Hall–Kier alpha value is -3.03. The number of aryl methyl sites for hydroxylation is 1. The summed E-state index contributed by atoms with van der Waals surface area (Å²) in [7, 11) is 0. The minimum absolute atomic E-state index is 0.119. The Morgan fingerprint density at radius 1 is 1.14 bits per heavy atom. The van der Waals surface area contributed by atoms with Crippen molar-refractivity contribution in [1.29, 1.82) is 0 Å². The lowest BCUT2D eigenvalue weighted by Gasteiger charge is -2.10. The fourth-order valence-corrected chi connectivity index (χ4v) is 3.10. The monoisotopic (exact) mass is 432 g/mol. The van der Waals surface area contributed by atoms with E-state index in [1.54, 1.807) is 24.3 Å². The van der Waals surface area contributed by atoms with E-state index in [0.29, 0.717) is 15.8 Å². The number of rotatable bonds is 5. The molecule has 2 N–H and O–H groups in total. The quantitative estimate of drug-likeness (QED) is 0.365. The molecule has 0 aliphatic rings. The van der Waals surface area contributed by atoms with Crippen molar-refractivity contribution < 1.29 is 14.0 Å². The van der Waals surface area contributed by atoms with Crippen LogP contribution in [0, 0.1) is 13.8 Å². The zero-order valence-corrected chi connectivity index (χ0v) is 17.2. The molecule has 0 saturated heterocycles. The molecule has 2 heterocycles. The highest BCUT2D eigenvalue weighted by atomic mass is 35.5. The number of hydrazone groups is 1. The van der Waals surface area contributed by atoms with E-state index in [4.69, 9.17) is 27.6 Å². The minimum atomic E-state index is -0.869. The summed E-state index contributed by atoms with van der Waals surface area (Å²) in [5.74, 6) is -1.13. The van der Waals surface area contributed by atoms with Gasteiger partial charge in [0.25, 0.3) is 0 Å².